The molecule has 4 heteroatoms. The quantitative estimate of drug-likeness (QED) is 0.543. The number of fused-ring (bicyclic) bond motifs is 1. The van der Waals surface area contributed by atoms with Gasteiger partial charge in [0.25, 0.3) is 0 Å². The molecule has 2 aromatic rings. The van der Waals surface area contributed by atoms with Crippen LogP contribution in [-0.2, 0) is 0 Å². The highest BCUT2D eigenvalue weighted by atomic mass is 16.3. The Labute approximate surface area is 98.3 Å². The summed E-state index contributed by atoms with van der Waals surface area (Å²) in [7, 11) is 0. The molecule has 0 saturated carbocycles. The SMILES string of the molecule is CC(N)C(=O)c1cccc2cc(O)c(O)cc12. The first-order valence-electron chi connectivity index (χ1n) is 5.25. The molecule has 4 N–H and O–H groups in total. The lowest BCUT2D eigenvalue weighted by Gasteiger charge is -2.09. The van der Waals surface area contributed by atoms with Crippen molar-refractivity contribution in [1.29, 1.82) is 0 Å². The highest BCUT2D eigenvalue weighted by molar-refractivity contribution is 6.10. The van der Waals surface area contributed by atoms with Gasteiger partial charge in [0, 0.05) is 5.56 Å². The Morgan fingerprint density at radius 2 is 1.88 bits per heavy atom. The van der Waals surface area contributed by atoms with E-state index in [9.17, 15) is 15.0 Å². The third-order valence-corrected chi connectivity index (χ3v) is 2.65. The molecule has 0 fully saturated rings. The first-order chi connectivity index (χ1) is 8.00. The molecule has 0 heterocycles. The molecular formula is C13H13NO3. The predicted molar refractivity (Wildman–Crippen MR) is 65.3 cm³/mol. The van der Waals surface area contributed by atoms with Crippen LogP contribution in [0.5, 0.6) is 11.5 Å². The van der Waals surface area contributed by atoms with E-state index in [2.05, 4.69) is 0 Å². The molecule has 1 atom stereocenters. The fourth-order valence-electron chi connectivity index (χ4n) is 1.76. The van der Waals surface area contributed by atoms with Crippen molar-refractivity contribution < 1.29 is 15.0 Å². The molecule has 1 unspecified atom stereocenters. The predicted octanol–water partition coefficient (Wildman–Crippen LogP) is 1.78. The van der Waals surface area contributed by atoms with Gasteiger partial charge in [0.05, 0.1) is 6.04 Å². The van der Waals surface area contributed by atoms with Crippen LogP contribution < -0.4 is 5.73 Å². The second kappa shape index (κ2) is 4.07. The van der Waals surface area contributed by atoms with E-state index in [0.717, 1.165) is 0 Å². The molecule has 4 nitrogen and oxygen atoms in total. The Morgan fingerprint density at radius 3 is 2.53 bits per heavy atom. The number of rotatable bonds is 2. The molecule has 0 aliphatic rings. The molecule has 0 aliphatic carbocycles. The van der Waals surface area contributed by atoms with E-state index in [0.29, 0.717) is 16.3 Å². The average Bonchev–Trinajstić information content (AvgIpc) is 2.29. The third kappa shape index (κ3) is 1.94. The smallest absolute Gasteiger partial charge is 0.179 e. The van der Waals surface area contributed by atoms with Crippen molar-refractivity contribution in [2.24, 2.45) is 5.73 Å². The van der Waals surface area contributed by atoms with Crippen LogP contribution in [-0.4, -0.2) is 22.0 Å². The second-order valence-corrected chi connectivity index (χ2v) is 4.02. The van der Waals surface area contributed by atoms with Gasteiger partial charge in [-0.3, -0.25) is 4.79 Å². The molecule has 0 aliphatic heterocycles. The lowest BCUT2D eigenvalue weighted by molar-refractivity contribution is 0.0969. The summed E-state index contributed by atoms with van der Waals surface area (Å²) in [6.45, 7) is 1.61. The van der Waals surface area contributed by atoms with Crippen molar-refractivity contribution in [2.45, 2.75) is 13.0 Å². The number of phenols is 2. The summed E-state index contributed by atoms with van der Waals surface area (Å²) in [6.07, 6.45) is 0. The zero-order valence-corrected chi connectivity index (χ0v) is 9.34. The van der Waals surface area contributed by atoms with E-state index >= 15 is 0 Å². The number of nitrogens with two attached hydrogens (primary N) is 1. The number of hydrogen-bond acceptors (Lipinski definition) is 4. The van der Waals surface area contributed by atoms with Gasteiger partial charge < -0.3 is 15.9 Å². The van der Waals surface area contributed by atoms with Crippen LogP contribution in [0, 0.1) is 0 Å². The summed E-state index contributed by atoms with van der Waals surface area (Å²) in [5.41, 5.74) is 6.02. The normalized spacial score (nSPS) is 12.6. The van der Waals surface area contributed by atoms with Crippen LogP contribution in [0.4, 0.5) is 0 Å². The van der Waals surface area contributed by atoms with E-state index in [1.165, 1.54) is 12.1 Å². The van der Waals surface area contributed by atoms with Gasteiger partial charge in [0.15, 0.2) is 17.3 Å². The zero-order valence-electron chi connectivity index (χ0n) is 9.34. The topological polar surface area (TPSA) is 83.6 Å². The molecule has 0 spiro atoms. The van der Waals surface area contributed by atoms with Crippen LogP contribution >= 0.6 is 0 Å². The van der Waals surface area contributed by atoms with E-state index in [1.54, 1.807) is 25.1 Å². The summed E-state index contributed by atoms with van der Waals surface area (Å²) in [5, 5.41) is 20.1. The van der Waals surface area contributed by atoms with Crippen molar-refractivity contribution in [3.05, 3.63) is 35.9 Å². The highest BCUT2D eigenvalue weighted by Crippen LogP contribution is 2.32. The Kier molecular flexibility index (Phi) is 2.73. The molecular weight excluding hydrogens is 218 g/mol. The third-order valence-electron chi connectivity index (χ3n) is 2.65. The van der Waals surface area contributed by atoms with Crippen molar-refractivity contribution in [2.75, 3.05) is 0 Å². The Balaban J connectivity index is 2.73. The second-order valence-electron chi connectivity index (χ2n) is 4.02. The van der Waals surface area contributed by atoms with Gasteiger partial charge in [-0.1, -0.05) is 18.2 Å². The summed E-state index contributed by atoms with van der Waals surface area (Å²) >= 11 is 0. The van der Waals surface area contributed by atoms with Gasteiger partial charge in [-0.15, -0.1) is 0 Å². The van der Waals surface area contributed by atoms with Crippen LogP contribution in [0.1, 0.15) is 17.3 Å². The largest absolute Gasteiger partial charge is 0.504 e. The van der Waals surface area contributed by atoms with Gasteiger partial charge in [-0.25, -0.2) is 0 Å². The Bertz CT molecular complexity index is 590. The number of phenolic OH excluding ortho intramolecular Hbond substituents is 2. The van der Waals surface area contributed by atoms with Gasteiger partial charge in [0.2, 0.25) is 0 Å². The summed E-state index contributed by atoms with van der Waals surface area (Å²) in [5.74, 6) is -0.647. The minimum absolute atomic E-state index is 0.194. The fourth-order valence-corrected chi connectivity index (χ4v) is 1.76. The number of aromatic hydroxyl groups is 2. The van der Waals surface area contributed by atoms with Gasteiger partial charge in [-0.2, -0.15) is 0 Å². The van der Waals surface area contributed by atoms with Crippen molar-refractivity contribution in [3.63, 3.8) is 0 Å². The maximum Gasteiger partial charge on any atom is 0.179 e. The van der Waals surface area contributed by atoms with Gasteiger partial charge in [0.1, 0.15) is 0 Å². The molecule has 2 aromatic carbocycles. The molecule has 2 rings (SSSR count). The van der Waals surface area contributed by atoms with Crippen LogP contribution in [0.15, 0.2) is 30.3 Å². The van der Waals surface area contributed by atoms with Crippen molar-refractivity contribution in [1.82, 2.24) is 0 Å². The monoisotopic (exact) mass is 231 g/mol. The Hall–Kier alpha value is -2.07. The number of carbonyl (C=O) groups is 1. The number of hydrogen-bond donors (Lipinski definition) is 3. The standard InChI is InChI=1S/C13H13NO3/c1-7(14)13(17)9-4-2-3-8-5-11(15)12(16)6-10(8)9/h2-7,15-16H,14H2,1H3. The lowest BCUT2D eigenvalue weighted by atomic mass is 9.98. The zero-order chi connectivity index (χ0) is 12.6. The van der Waals surface area contributed by atoms with E-state index in [4.69, 9.17) is 5.73 Å². The van der Waals surface area contributed by atoms with Crippen LogP contribution in [0.2, 0.25) is 0 Å². The van der Waals surface area contributed by atoms with E-state index in [-0.39, 0.29) is 17.3 Å². The van der Waals surface area contributed by atoms with Crippen molar-refractivity contribution >= 4 is 16.6 Å². The molecule has 0 bridgehead atoms. The van der Waals surface area contributed by atoms with Crippen LogP contribution in [0.3, 0.4) is 0 Å². The molecule has 0 saturated heterocycles. The lowest BCUT2D eigenvalue weighted by Crippen LogP contribution is -2.26. The van der Waals surface area contributed by atoms with Gasteiger partial charge >= 0.3 is 0 Å². The summed E-state index contributed by atoms with van der Waals surface area (Å²) in [6, 6.07) is 7.32. The van der Waals surface area contributed by atoms with Crippen molar-refractivity contribution in [3.8, 4) is 11.5 Å². The number of Topliss-reactive ketones (excluding diaryl/α,β-unsaturated/α-hetero) is 1. The maximum atomic E-state index is 11.9. The number of carbonyl (C=O) groups excluding carboxylic acids is 1. The molecule has 0 radical (unpaired) electrons. The first-order valence-corrected chi connectivity index (χ1v) is 5.25. The fraction of sp³-hybridized carbons (Fsp3) is 0.154. The van der Waals surface area contributed by atoms with E-state index < -0.39 is 6.04 Å². The van der Waals surface area contributed by atoms with Gasteiger partial charge in [-0.05, 0) is 29.8 Å². The molecule has 17 heavy (non-hydrogen) atoms. The molecule has 88 valence electrons. The minimum Gasteiger partial charge on any atom is -0.504 e. The number of ketones is 1. The first kappa shape index (κ1) is 11.4. The summed E-state index contributed by atoms with van der Waals surface area (Å²) in [4.78, 5) is 11.9. The molecule has 0 aromatic heterocycles. The highest BCUT2D eigenvalue weighted by Gasteiger charge is 2.15. The van der Waals surface area contributed by atoms with E-state index in [1.807, 2.05) is 0 Å². The minimum atomic E-state index is -0.600. The average molecular weight is 231 g/mol. The number of benzene rings is 2. The molecule has 0 amide bonds. The van der Waals surface area contributed by atoms with Crippen LogP contribution in [0.25, 0.3) is 10.8 Å². The Morgan fingerprint density at radius 1 is 1.24 bits per heavy atom. The summed E-state index contributed by atoms with van der Waals surface area (Å²) < 4.78 is 0. The maximum absolute atomic E-state index is 11.9.